The molecule has 0 unspecified atom stereocenters. The maximum atomic E-state index is 14.0. The van der Waals surface area contributed by atoms with Gasteiger partial charge in [0.15, 0.2) is 0 Å². The average Bonchev–Trinajstić information content (AvgIpc) is 2.46. The van der Waals surface area contributed by atoms with Gasteiger partial charge >= 0.3 is 11.9 Å². The second-order valence-corrected chi connectivity index (χ2v) is 4.12. The predicted octanol–water partition coefficient (Wildman–Crippen LogP) is 1.67. The van der Waals surface area contributed by atoms with Gasteiger partial charge in [-0.15, -0.1) is 0 Å². The van der Waals surface area contributed by atoms with Crippen LogP contribution in [0.5, 0.6) is 0 Å². The topological polar surface area (TPSA) is 96.5 Å². The monoisotopic (exact) mass is 291 g/mol. The number of aromatic nitrogens is 1. The molecule has 0 aliphatic rings. The lowest BCUT2D eigenvalue weighted by atomic mass is 10.0. The van der Waals surface area contributed by atoms with Crippen molar-refractivity contribution in [2.24, 2.45) is 0 Å². The molecule has 0 saturated heterocycles. The van der Waals surface area contributed by atoms with E-state index in [-0.39, 0.29) is 16.7 Å². The molecule has 2 rings (SSSR count). The number of H-pyrrole nitrogens is 1. The number of aromatic amines is 1. The van der Waals surface area contributed by atoms with E-state index < -0.39 is 28.9 Å². The van der Waals surface area contributed by atoms with E-state index >= 15 is 0 Å². The Balaban J connectivity index is 2.53. The number of carboxylic acid groups (broad SMARTS) is 1. The van der Waals surface area contributed by atoms with Crippen molar-refractivity contribution in [3.8, 4) is 11.1 Å². The minimum Gasteiger partial charge on any atom is -0.477 e. The van der Waals surface area contributed by atoms with Crippen LogP contribution in [0.25, 0.3) is 11.1 Å². The van der Waals surface area contributed by atoms with Crippen molar-refractivity contribution in [2.45, 2.75) is 0 Å². The Bertz CT molecular complexity index is 781. The van der Waals surface area contributed by atoms with Crippen LogP contribution < -0.4 is 5.56 Å². The van der Waals surface area contributed by atoms with Crippen LogP contribution in [0.4, 0.5) is 4.39 Å². The summed E-state index contributed by atoms with van der Waals surface area (Å²) in [5, 5.41) is 8.88. The average molecular weight is 291 g/mol. The number of aromatic carboxylic acids is 1. The summed E-state index contributed by atoms with van der Waals surface area (Å²) in [6.07, 6.45) is 1.20. The standard InChI is InChI=1S/C14H10FNO5/c1-21-14(20)7-2-3-9(11(15)5-7)8-4-10(13(18)19)12(17)16-6-8/h2-6H,1H3,(H,16,17)(H,18,19). The number of benzene rings is 1. The van der Waals surface area contributed by atoms with E-state index in [0.29, 0.717) is 0 Å². The zero-order valence-electron chi connectivity index (χ0n) is 10.8. The van der Waals surface area contributed by atoms with Gasteiger partial charge in [0.25, 0.3) is 5.56 Å². The van der Waals surface area contributed by atoms with E-state index in [2.05, 4.69) is 9.72 Å². The Morgan fingerprint density at radius 2 is 2.00 bits per heavy atom. The van der Waals surface area contributed by atoms with Gasteiger partial charge in [-0.3, -0.25) is 4.79 Å². The van der Waals surface area contributed by atoms with Gasteiger partial charge in [-0.1, -0.05) is 6.07 Å². The molecule has 0 saturated carbocycles. The summed E-state index contributed by atoms with van der Waals surface area (Å²) in [5.41, 5.74) is -1.01. The molecule has 0 aliphatic heterocycles. The molecule has 0 spiro atoms. The fourth-order valence-corrected chi connectivity index (χ4v) is 1.79. The number of carboxylic acids is 1. The fourth-order valence-electron chi connectivity index (χ4n) is 1.79. The molecule has 1 aromatic carbocycles. The first-order valence-electron chi connectivity index (χ1n) is 5.78. The Kier molecular flexibility index (Phi) is 3.84. The van der Waals surface area contributed by atoms with E-state index in [1.165, 1.54) is 25.4 Å². The quantitative estimate of drug-likeness (QED) is 0.838. The number of esters is 1. The summed E-state index contributed by atoms with van der Waals surface area (Å²) in [5.74, 6) is -2.83. The molecule has 2 aromatic rings. The van der Waals surface area contributed by atoms with Crippen molar-refractivity contribution in [1.82, 2.24) is 4.98 Å². The van der Waals surface area contributed by atoms with Gasteiger partial charge < -0.3 is 14.8 Å². The number of methoxy groups -OCH3 is 1. The van der Waals surface area contributed by atoms with Crippen molar-refractivity contribution in [3.05, 3.63) is 57.8 Å². The zero-order valence-corrected chi connectivity index (χ0v) is 10.8. The molecule has 0 bridgehead atoms. The van der Waals surface area contributed by atoms with Crippen molar-refractivity contribution < 1.29 is 23.8 Å². The van der Waals surface area contributed by atoms with Crippen LogP contribution >= 0.6 is 0 Å². The van der Waals surface area contributed by atoms with E-state index in [1.54, 1.807) is 0 Å². The molecule has 0 radical (unpaired) electrons. The number of hydrogen-bond donors (Lipinski definition) is 2. The second kappa shape index (κ2) is 5.58. The Morgan fingerprint density at radius 1 is 1.29 bits per heavy atom. The first kappa shape index (κ1) is 14.4. The van der Waals surface area contributed by atoms with Gasteiger partial charge in [0.2, 0.25) is 0 Å². The molecule has 0 atom stereocenters. The summed E-state index contributed by atoms with van der Waals surface area (Å²) >= 11 is 0. The number of hydrogen-bond acceptors (Lipinski definition) is 4. The van der Waals surface area contributed by atoms with Crippen molar-refractivity contribution in [1.29, 1.82) is 0 Å². The number of halogens is 1. The van der Waals surface area contributed by atoms with Crippen LogP contribution in [0, 0.1) is 5.82 Å². The Morgan fingerprint density at radius 3 is 2.57 bits per heavy atom. The lowest BCUT2D eigenvalue weighted by Crippen LogP contribution is -2.16. The van der Waals surface area contributed by atoms with Gasteiger partial charge in [-0.25, -0.2) is 14.0 Å². The highest BCUT2D eigenvalue weighted by Gasteiger charge is 2.14. The molecule has 0 aliphatic carbocycles. The summed E-state index contributed by atoms with van der Waals surface area (Å²) < 4.78 is 18.5. The molecule has 1 aromatic heterocycles. The largest absolute Gasteiger partial charge is 0.477 e. The van der Waals surface area contributed by atoms with E-state index in [4.69, 9.17) is 5.11 Å². The number of nitrogens with one attached hydrogen (secondary N) is 1. The van der Waals surface area contributed by atoms with Crippen molar-refractivity contribution >= 4 is 11.9 Å². The third kappa shape index (κ3) is 2.81. The second-order valence-electron chi connectivity index (χ2n) is 4.12. The normalized spacial score (nSPS) is 10.2. The van der Waals surface area contributed by atoms with E-state index in [0.717, 1.165) is 12.1 Å². The van der Waals surface area contributed by atoms with Gasteiger partial charge in [0.05, 0.1) is 12.7 Å². The van der Waals surface area contributed by atoms with Gasteiger partial charge in [-0.05, 0) is 18.2 Å². The summed E-state index contributed by atoms with van der Waals surface area (Å²) in [7, 11) is 1.18. The number of ether oxygens (including phenoxy) is 1. The SMILES string of the molecule is COC(=O)c1ccc(-c2c[nH]c(=O)c(C(=O)O)c2)c(F)c1. The van der Waals surface area contributed by atoms with Crippen LogP contribution in [0.2, 0.25) is 0 Å². The first-order chi connectivity index (χ1) is 9.93. The smallest absolute Gasteiger partial charge is 0.341 e. The van der Waals surface area contributed by atoms with E-state index in [1.807, 2.05) is 0 Å². The van der Waals surface area contributed by atoms with Gasteiger partial charge in [0.1, 0.15) is 11.4 Å². The highest BCUT2D eigenvalue weighted by molar-refractivity contribution is 5.91. The van der Waals surface area contributed by atoms with Crippen LogP contribution in [0.3, 0.4) is 0 Å². The molecule has 2 N–H and O–H groups in total. The lowest BCUT2D eigenvalue weighted by molar-refractivity contribution is 0.0599. The number of pyridine rings is 1. The van der Waals surface area contributed by atoms with E-state index in [9.17, 15) is 18.8 Å². The molecule has 7 heteroatoms. The molecule has 1 heterocycles. The minimum absolute atomic E-state index is 0.0293. The molecule has 21 heavy (non-hydrogen) atoms. The Labute approximate surface area is 117 Å². The predicted molar refractivity (Wildman–Crippen MR) is 70.8 cm³/mol. The number of rotatable bonds is 3. The Hall–Kier alpha value is -2.96. The molecule has 0 fully saturated rings. The summed E-state index contributed by atoms with van der Waals surface area (Å²) in [6, 6.07) is 4.70. The highest BCUT2D eigenvalue weighted by Crippen LogP contribution is 2.23. The van der Waals surface area contributed by atoms with Crippen LogP contribution in [0.1, 0.15) is 20.7 Å². The van der Waals surface area contributed by atoms with Gasteiger partial charge in [0, 0.05) is 17.3 Å². The van der Waals surface area contributed by atoms with Crippen LogP contribution in [-0.2, 0) is 4.74 Å². The minimum atomic E-state index is -1.41. The number of carbonyl (C=O) groups is 2. The fraction of sp³-hybridized carbons (Fsp3) is 0.0714. The van der Waals surface area contributed by atoms with Crippen molar-refractivity contribution in [3.63, 3.8) is 0 Å². The lowest BCUT2D eigenvalue weighted by Gasteiger charge is -2.06. The maximum Gasteiger partial charge on any atom is 0.341 e. The summed E-state index contributed by atoms with van der Waals surface area (Å²) in [4.78, 5) is 35.7. The zero-order chi connectivity index (χ0) is 15.6. The molecular weight excluding hydrogens is 281 g/mol. The number of carbonyl (C=O) groups excluding carboxylic acids is 1. The maximum absolute atomic E-state index is 14.0. The highest BCUT2D eigenvalue weighted by atomic mass is 19.1. The third-order valence-electron chi connectivity index (χ3n) is 2.83. The molecule has 0 amide bonds. The molecular formula is C14H10FNO5. The molecule has 6 nitrogen and oxygen atoms in total. The van der Waals surface area contributed by atoms with Gasteiger partial charge in [-0.2, -0.15) is 0 Å². The van der Waals surface area contributed by atoms with Crippen molar-refractivity contribution in [2.75, 3.05) is 7.11 Å². The summed E-state index contributed by atoms with van der Waals surface area (Å²) in [6.45, 7) is 0. The van der Waals surface area contributed by atoms with Crippen LogP contribution in [0.15, 0.2) is 35.3 Å². The first-order valence-corrected chi connectivity index (χ1v) is 5.78. The molecule has 108 valence electrons. The third-order valence-corrected chi connectivity index (χ3v) is 2.83. The van der Waals surface area contributed by atoms with Crippen LogP contribution in [-0.4, -0.2) is 29.1 Å².